The number of hydrogen-bond acceptors (Lipinski definition) is 5. The van der Waals surface area contributed by atoms with Gasteiger partial charge in [0.05, 0.1) is 18.2 Å². The van der Waals surface area contributed by atoms with Crippen LogP contribution >= 0.6 is 0 Å². The molecule has 1 aromatic rings. The fourth-order valence-corrected chi connectivity index (χ4v) is 3.59. The average molecular weight is 358 g/mol. The highest BCUT2D eigenvalue weighted by Crippen LogP contribution is 2.23. The zero-order valence-electron chi connectivity index (χ0n) is 14.8. The van der Waals surface area contributed by atoms with Crippen molar-refractivity contribution < 1.29 is 23.9 Å². The monoisotopic (exact) mass is 358 g/mol. The van der Waals surface area contributed by atoms with E-state index in [1.165, 1.54) is 12.0 Å². The van der Waals surface area contributed by atoms with Gasteiger partial charge in [-0.1, -0.05) is 12.1 Å². The van der Waals surface area contributed by atoms with E-state index < -0.39 is 12.0 Å². The first kappa shape index (κ1) is 18.1. The van der Waals surface area contributed by atoms with Gasteiger partial charge >= 0.3 is 5.97 Å². The standard InChI is InChI=1S/C19H22N2O5/c1-26-19(25)15-9-4-5-11-20(15)16(22)10-6-12-21-17(23)13-7-2-3-8-14(13)18(21)24/h2-3,7-8,15H,4-6,9-12H2,1H3/t15-/m1/s1. The molecule has 1 fully saturated rings. The number of nitrogens with zero attached hydrogens (tertiary/aromatic N) is 2. The van der Waals surface area contributed by atoms with Crippen LogP contribution in [0.3, 0.4) is 0 Å². The maximum atomic E-state index is 12.5. The van der Waals surface area contributed by atoms with E-state index in [0.717, 1.165) is 12.8 Å². The van der Waals surface area contributed by atoms with Crippen LogP contribution < -0.4 is 0 Å². The van der Waals surface area contributed by atoms with Crippen molar-refractivity contribution in [2.75, 3.05) is 20.2 Å². The number of methoxy groups -OCH3 is 1. The fraction of sp³-hybridized carbons (Fsp3) is 0.474. The zero-order valence-corrected chi connectivity index (χ0v) is 14.8. The van der Waals surface area contributed by atoms with E-state index in [9.17, 15) is 19.2 Å². The number of fused-ring (bicyclic) bond motifs is 1. The number of likely N-dealkylation sites (tertiary alicyclic amines) is 1. The lowest BCUT2D eigenvalue weighted by Crippen LogP contribution is -2.48. The van der Waals surface area contributed by atoms with E-state index in [-0.39, 0.29) is 30.7 Å². The first-order valence-corrected chi connectivity index (χ1v) is 8.87. The maximum absolute atomic E-state index is 12.5. The van der Waals surface area contributed by atoms with Crippen molar-refractivity contribution in [2.45, 2.75) is 38.1 Å². The summed E-state index contributed by atoms with van der Waals surface area (Å²) in [5.41, 5.74) is 0.816. The first-order chi connectivity index (χ1) is 12.5. The SMILES string of the molecule is COC(=O)[C@H]1CCCCN1C(=O)CCCN1C(=O)c2ccccc2C1=O. The van der Waals surface area contributed by atoms with E-state index in [4.69, 9.17) is 4.74 Å². The van der Waals surface area contributed by atoms with Gasteiger partial charge in [-0.25, -0.2) is 4.79 Å². The Kier molecular flexibility index (Phi) is 5.35. The van der Waals surface area contributed by atoms with Crippen LogP contribution in [0.5, 0.6) is 0 Å². The largest absolute Gasteiger partial charge is 0.467 e. The van der Waals surface area contributed by atoms with Crippen molar-refractivity contribution in [3.05, 3.63) is 35.4 Å². The number of rotatable bonds is 5. The molecule has 7 heteroatoms. The highest BCUT2D eigenvalue weighted by molar-refractivity contribution is 6.21. The molecule has 0 N–H and O–H groups in total. The molecule has 3 amide bonds. The summed E-state index contributed by atoms with van der Waals surface area (Å²) in [5.74, 6) is -1.16. The number of piperidine rings is 1. The molecule has 2 aliphatic rings. The Morgan fingerprint density at radius 2 is 1.77 bits per heavy atom. The Bertz CT molecular complexity index is 710. The molecule has 0 aromatic heterocycles. The molecule has 0 spiro atoms. The molecule has 26 heavy (non-hydrogen) atoms. The van der Waals surface area contributed by atoms with E-state index in [1.54, 1.807) is 29.2 Å². The van der Waals surface area contributed by atoms with Gasteiger partial charge in [0, 0.05) is 19.5 Å². The molecular formula is C19H22N2O5. The lowest BCUT2D eigenvalue weighted by molar-refractivity contribution is -0.154. The fourth-order valence-electron chi connectivity index (χ4n) is 3.59. The van der Waals surface area contributed by atoms with Crippen molar-refractivity contribution in [1.82, 2.24) is 9.80 Å². The third-order valence-electron chi connectivity index (χ3n) is 4.95. The van der Waals surface area contributed by atoms with Gasteiger partial charge < -0.3 is 9.64 Å². The molecule has 138 valence electrons. The third-order valence-corrected chi connectivity index (χ3v) is 4.95. The Labute approximate surface area is 151 Å². The molecule has 7 nitrogen and oxygen atoms in total. The minimum absolute atomic E-state index is 0.142. The summed E-state index contributed by atoms with van der Waals surface area (Å²) in [6, 6.07) is 6.19. The van der Waals surface area contributed by atoms with Gasteiger partial charge in [-0.15, -0.1) is 0 Å². The van der Waals surface area contributed by atoms with Crippen LogP contribution in [0, 0.1) is 0 Å². The summed E-state index contributed by atoms with van der Waals surface area (Å²) < 4.78 is 4.79. The number of imide groups is 1. The second-order valence-corrected chi connectivity index (χ2v) is 6.53. The molecule has 0 saturated carbocycles. The molecule has 2 aliphatic heterocycles. The number of hydrogen-bond donors (Lipinski definition) is 0. The summed E-state index contributed by atoms with van der Waals surface area (Å²) >= 11 is 0. The Balaban J connectivity index is 1.56. The molecule has 0 unspecified atom stereocenters. The van der Waals surface area contributed by atoms with E-state index >= 15 is 0 Å². The average Bonchev–Trinajstić information content (AvgIpc) is 2.92. The van der Waals surface area contributed by atoms with Crippen LogP contribution in [0.2, 0.25) is 0 Å². The van der Waals surface area contributed by atoms with Crippen LogP contribution in [-0.4, -0.2) is 59.7 Å². The van der Waals surface area contributed by atoms with Crippen molar-refractivity contribution in [3.63, 3.8) is 0 Å². The molecule has 1 aromatic carbocycles. The molecular weight excluding hydrogens is 336 g/mol. The molecule has 1 saturated heterocycles. The van der Waals surface area contributed by atoms with Crippen LogP contribution in [0.25, 0.3) is 0 Å². The van der Waals surface area contributed by atoms with Gasteiger partial charge in [0.15, 0.2) is 0 Å². The molecule has 2 heterocycles. The van der Waals surface area contributed by atoms with Crippen LogP contribution in [0.1, 0.15) is 52.8 Å². The lowest BCUT2D eigenvalue weighted by atomic mass is 10.0. The molecule has 0 bridgehead atoms. The van der Waals surface area contributed by atoms with Gasteiger partial charge in [0.1, 0.15) is 6.04 Å². The molecule has 3 rings (SSSR count). The summed E-state index contributed by atoms with van der Waals surface area (Å²) in [4.78, 5) is 51.8. The van der Waals surface area contributed by atoms with E-state index in [0.29, 0.717) is 30.5 Å². The number of benzene rings is 1. The van der Waals surface area contributed by atoms with Crippen molar-refractivity contribution >= 4 is 23.7 Å². The number of carbonyl (C=O) groups is 4. The zero-order chi connectivity index (χ0) is 18.7. The normalized spacial score (nSPS) is 19.5. The smallest absolute Gasteiger partial charge is 0.328 e. The van der Waals surface area contributed by atoms with Crippen LogP contribution in [-0.2, 0) is 14.3 Å². The van der Waals surface area contributed by atoms with Gasteiger partial charge in [-0.3, -0.25) is 19.3 Å². The first-order valence-electron chi connectivity index (χ1n) is 8.87. The van der Waals surface area contributed by atoms with Gasteiger partial charge in [-0.2, -0.15) is 0 Å². The quantitative estimate of drug-likeness (QED) is 0.590. The van der Waals surface area contributed by atoms with E-state index in [1.807, 2.05) is 0 Å². The van der Waals surface area contributed by atoms with Crippen molar-refractivity contribution in [2.24, 2.45) is 0 Å². The predicted molar refractivity (Wildman–Crippen MR) is 92.4 cm³/mol. The molecule has 0 radical (unpaired) electrons. The van der Waals surface area contributed by atoms with Crippen molar-refractivity contribution in [3.8, 4) is 0 Å². The molecule has 1 atom stereocenters. The minimum Gasteiger partial charge on any atom is -0.467 e. The highest BCUT2D eigenvalue weighted by atomic mass is 16.5. The van der Waals surface area contributed by atoms with E-state index in [2.05, 4.69) is 0 Å². The topological polar surface area (TPSA) is 84.0 Å². The van der Waals surface area contributed by atoms with Gasteiger partial charge in [0.25, 0.3) is 11.8 Å². The Hall–Kier alpha value is -2.70. The lowest BCUT2D eigenvalue weighted by Gasteiger charge is -2.34. The summed E-state index contributed by atoms with van der Waals surface area (Å²) in [7, 11) is 1.32. The maximum Gasteiger partial charge on any atom is 0.328 e. The number of esters is 1. The third kappa shape index (κ3) is 3.34. The predicted octanol–water partition coefficient (Wildman–Crippen LogP) is 1.62. The number of amides is 3. The second-order valence-electron chi connectivity index (χ2n) is 6.53. The number of carbonyl (C=O) groups excluding carboxylic acids is 4. The summed E-state index contributed by atoms with van der Waals surface area (Å²) in [5, 5.41) is 0. The van der Waals surface area contributed by atoms with Gasteiger partial charge in [0.2, 0.25) is 5.91 Å². The summed E-state index contributed by atoms with van der Waals surface area (Å²) in [6.07, 6.45) is 2.91. The van der Waals surface area contributed by atoms with Crippen LogP contribution in [0.15, 0.2) is 24.3 Å². The molecule has 0 aliphatic carbocycles. The van der Waals surface area contributed by atoms with Gasteiger partial charge in [-0.05, 0) is 37.8 Å². The minimum atomic E-state index is -0.527. The number of ether oxygens (including phenoxy) is 1. The Morgan fingerprint density at radius 3 is 2.38 bits per heavy atom. The highest BCUT2D eigenvalue weighted by Gasteiger charge is 2.35. The van der Waals surface area contributed by atoms with Crippen molar-refractivity contribution in [1.29, 1.82) is 0 Å². The second kappa shape index (κ2) is 7.68. The Morgan fingerprint density at radius 1 is 1.12 bits per heavy atom. The van der Waals surface area contributed by atoms with Crippen LogP contribution in [0.4, 0.5) is 0 Å². The summed E-state index contributed by atoms with van der Waals surface area (Å²) in [6.45, 7) is 0.723.